The molecule has 3 rings (SSSR count). The van der Waals surface area contributed by atoms with E-state index in [4.69, 9.17) is 0 Å². The summed E-state index contributed by atoms with van der Waals surface area (Å²) in [5.74, 6) is 0.853. The van der Waals surface area contributed by atoms with Crippen LogP contribution in [-0.2, 0) is 0 Å². The van der Waals surface area contributed by atoms with Crippen molar-refractivity contribution in [3.8, 4) is 0 Å². The van der Waals surface area contributed by atoms with E-state index >= 15 is 0 Å². The fraction of sp³-hybridized carbons (Fsp3) is 0.684. The standard InChI is InChI=1S/C19H28/c1-18(12-5-6-13-18)15-11-17-10-7-9-16-8-3-4-14-19(16,17)2/h3-4,8-9,14,17H,5-7,10-13,15H2,1-2H3/t17-,19+/m1/s1. The van der Waals surface area contributed by atoms with E-state index in [0.29, 0.717) is 10.8 Å². The van der Waals surface area contributed by atoms with Crippen LogP contribution in [0, 0.1) is 16.7 Å². The number of rotatable bonds is 3. The van der Waals surface area contributed by atoms with E-state index in [1.54, 1.807) is 5.57 Å². The van der Waals surface area contributed by atoms with Crippen LogP contribution in [0.1, 0.15) is 65.2 Å². The minimum atomic E-state index is 0.321. The van der Waals surface area contributed by atoms with Gasteiger partial charge in [-0.15, -0.1) is 0 Å². The van der Waals surface area contributed by atoms with Crippen LogP contribution in [0.3, 0.4) is 0 Å². The monoisotopic (exact) mass is 256 g/mol. The largest absolute Gasteiger partial charge is 0.0804 e. The van der Waals surface area contributed by atoms with E-state index in [0.717, 1.165) is 5.92 Å². The van der Waals surface area contributed by atoms with E-state index in [-0.39, 0.29) is 0 Å². The zero-order valence-electron chi connectivity index (χ0n) is 12.6. The van der Waals surface area contributed by atoms with E-state index in [1.165, 1.54) is 51.4 Å². The molecule has 0 spiro atoms. The summed E-state index contributed by atoms with van der Waals surface area (Å²) in [6.07, 6.45) is 23.1. The summed E-state index contributed by atoms with van der Waals surface area (Å²) >= 11 is 0. The molecule has 0 bridgehead atoms. The van der Waals surface area contributed by atoms with Gasteiger partial charge in [0.2, 0.25) is 0 Å². The predicted octanol–water partition coefficient (Wildman–Crippen LogP) is 5.82. The molecule has 0 nitrogen and oxygen atoms in total. The first-order valence-electron chi connectivity index (χ1n) is 8.19. The molecule has 0 aromatic carbocycles. The number of allylic oxidation sites excluding steroid dienone is 6. The van der Waals surface area contributed by atoms with Gasteiger partial charge in [0, 0.05) is 5.41 Å². The summed E-state index contributed by atoms with van der Waals surface area (Å²) in [5.41, 5.74) is 2.55. The number of fused-ring (bicyclic) bond motifs is 1. The highest BCUT2D eigenvalue weighted by Crippen LogP contribution is 2.50. The molecule has 0 aromatic heterocycles. The summed E-state index contributed by atoms with van der Waals surface area (Å²) in [5, 5.41) is 0. The predicted molar refractivity (Wildman–Crippen MR) is 83.0 cm³/mol. The zero-order chi connectivity index (χ0) is 13.3. The molecular weight excluding hydrogens is 228 g/mol. The maximum atomic E-state index is 2.53. The van der Waals surface area contributed by atoms with Gasteiger partial charge in [0.25, 0.3) is 0 Å². The maximum absolute atomic E-state index is 2.53. The first kappa shape index (κ1) is 13.2. The van der Waals surface area contributed by atoms with E-state index in [2.05, 4.69) is 44.2 Å². The third-order valence-corrected chi connectivity index (χ3v) is 6.09. The average Bonchev–Trinajstić information content (AvgIpc) is 2.83. The van der Waals surface area contributed by atoms with Gasteiger partial charge < -0.3 is 0 Å². The Bertz CT molecular complexity index is 417. The van der Waals surface area contributed by atoms with Crippen molar-refractivity contribution < 1.29 is 0 Å². The fourth-order valence-electron chi connectivity index (χ4n) is 4.54. The molecule has 0 unspecified atom stereocenters. The van der Waals surface area contributed by atoms with Gasteiger partial charge in [-0.25, -0.2) is 0 Å². The van der Waals surface area contributed by atoms with Crippen molar-refractivity contribution in [1.29, 1.82) is 0 Å². The summed E-state index contributed by atoms with van der Waals surface area (Å²) in [4.78, 5) is 0. The fourth-order valence-corrected chi connectivity index (χ4v) is 4.54. The van der Waals surface area contributed by atoms with Crippen LogP contribution in [0.5, 0.6) is 0 Å². The highest BCUT2D eigenvalue weighted by atomic mass is 14.4. The zero-order valence-corrected chi connectivity index (χ0v) is 12.6. The lowest BCUT2D eigenvalue weighted by Gasteiger charge is -2.42. The maximum Gasteiger partial charge on any atom is 0.0132 e. The second-order valence-electron chi connectivity index (χ2n) is 7.49. The molecule has 0 radical (unpaired) electrons. The van der Waals surface area contributed by atoms with Crippen LogP contribution in [-0.4, -0.2) is 0 Å². The van der Waals surface area contributed by atoms with Crippen molar-refractivity contribution in [3.63, 3.8) is 0 Å². The smallest absolute Gasteiger partial charge is 0.0132 e. The molecule has 104 valence electrons. The summed E-state index contributed by atoms with van der Waals surface area (Å²) < 4.78 is 0. The molecule has 1 saturated carbocycles. The van der Waals surface area contributed by atoms with Gasteiger partial charge in [0.05, 0.1) is 0 Å². The summed E-state index contributed by atoms with van der Waals surface area (Å²) in [6, 6.07) is 0. The molecule has 2 atom stereocenters. The Kier molecular flexibility index (Phi) is 3.45. The van der Waals surface area contributed by atoms with E-state index < -0.39 is 0 Å². The molecule has 0 saturated heterocycles. The first-order chi connectivity index (χ1) is 9.12. The van der Waals surface area contributed by atoms with Crippen LogP contribution in [0.15, 0.2) is 36.0 Å². The molecule has 0 amide bonds. The second-order valence-corrected chi connectivity index (χ2v) is 7.49. The number of hydrogen-bond acceptors (Lipinski definition) is 0. The third kappa shape index (κ3) is 2.47. The van der Waals surface area contributed by atoms with Crippen molar-refractivity contribution in [1.82, 2.24) is 0 Å². The lowest BCUT2D eigenvalue weighted by Crippen LogP contribution is -2.31. The van der Waals surface area contributed by atoms with Gasteiger partial charge in [-0.3, -0.25) is 0 Å². The Labute approximate surface area is 118 Å². The normalized spacial score (nSPS) is 36.1. The minimum absolute atomic E-state index is 0.321. The van der Waals surface area contributed by atoms with Crippen molar-refractivity contribution in [2.75, 3.05) is 0 Å². The van der Waals surface area contributed by atoms with Gasteiger partial charge in [0.1, 0.15) is 0 Å². The van der Waals surface area contributed by atoms with E-state index in [9.17, 15) is 0 Å². The quantitative estimate of drug-likeness (QED) is 0.597. The van der Waals surface area contributed by atoms with E-state index in [1.807, 2.05) is 0 Å². The van der Waals surface area contributed by atoms with Crippen LogP contribution < -0.4 is 0 Å². The van der Waals surface area contributed by atoms with Gasteiger partial charge >= 0.3 is 0 Å². The third-order valence-electron chi connectivity index (χ3n) is 6.09. The summed E-state index contributed by atoms with van der Waals surface area (Å²) in [6.45, 7) is 4.98. The van der Waals surface area contributed by atoms with Gasteiger partial charge in [-0.2, -0.15) is 0 Å². The highest BCUT2D eigenvalue weighted by Gasteiger charge is 2.38. The molecule has 1 fully saturated rings. The molecule has 19 heavy (non-hydrogen) atoms. The minimum Gasteiger partial charge on any atom is -0.0804 e. The molecule has 0 heterocycles. The lowest BCUT2D eigenvalue weighted by molar-refractivity contribution is 0.203. The molecule has 0 N–H and O–H groups in total. The van der Waals surface area contributed by atoms with Crippen LogP contribution in [0.2, 0.25) is 0 Å². The molecule has 0 aliphatic heterocycles. The average molecular weight is 256 g/mol. The van der Waals surface area contributed by atoms with Gasteiger partial charge in [-0.1, -0.05) is 57.1 Å². The molecular formula is C19H28. The van der Waals surface area contributed by atoms with Crippen LogP contribution >= 0.6 is 0 Å². The van der Waals surface area contributed by atoms with Crippen molar-refractivity contribution >= 4 is 0 Å². The van der Waals surface area contributed by atoms with Crippen molar-refractivity contribution in [2.45, 2.75) is 65.2 Å². The second kappa shape index (κ2) is 4.96. The SMILES string of the molecule is CC1(CC[C@H]2CCC=C3C=CC=C[C@@]32C)CCCC1. The molecule has 3 aliphatic carbocycles. The van der Waals surface area contributed by atoms with Crippen LogP contribution in [0.25, 0.3) is 0 Å². The topological polar surface area (TPSA) is 0 Å². The van der Waals surface area contributed by atoms with Gasteiger partial charge in [-0.05, 0) is 55.4 Å². The highest BCUT2D eigenvalue weighted by molar-refractivity contribution is 5.39. The Morgan fingerprint density at radius 1 is 1.16 bits per heavy atom. The van der Waals surface area contributed by atoms with Crippen molar-refractivity contribution in [2.24, 2.45) is 16.7 Å². The Morgan fingerprint density at radius 3 is 2.74 bits per heavy atom. The van der Waals surface area contributed by atoms with Crippen molar-refractivity contribution in [3.05, 3.63) is 36.0 Å². The van der Waals surface area contributed by atoms with Gasteiger partial charge in [0.15, 0.2) is 0 Å². The molecule has 0 aromatic rings. The molecule has 3 aliphatic rings. The number of hydrogen-bond donors (Lipinski definition) is 0. The first-order valence-corrected chi connectivity index (χ1v) is 8.19. The summed E-state index contributed by atoms with van der Waals surface area (Å²) in [7, 11) is 0. The van der Waals surface area contributed by atoms with Crippen LogP contribution in [0.4, 0.5) is 0 Å². The Hall–Kier alpha value is -0.780. The Balaban J connectivity index is 1.69. The lowest BCUT2D eigenvalue weighted by atomic mass is 9.62. The molecule has 0 heteroatoms. The Morgan fingerprint density at radius 2 is 1.95 bits per heavy atom.